The van der Waals surface area contributed by atoms with E-state index in [0.717, 1.165) is 5.56 Å². The van der Waals surface area contributed by atoms with Crippen LogP contribution in [0.1, 0.15) is 5.56 Å². The SMILES string of the molecule is Cc1ccc(S(=O)(=O)O)cc1.NC(=O)COc1ccccc1. The van der Waals surface area contributed by atoms with E-state index in [1.807, 2.05) is 25.1 Å². The number of ether oxygens (including phenoxy) is 1. The maximum absolute atomic E-state index is 10.5. The fourth-order valence-electron chi connectivity index (χ4n) is 1.38. The van der Waals surface area contributed by atoms with Crippen LogP contribution in [0.25, 0.3) is 0 Å². The highest BCUT2D eigenvalue weighted by molar-refractivity contribution is 7.85. The van der Waals surface area contributed by atoms with Gasteiger partial charge in [-0.3, -0.25) is 9.35 Å². The van der Waals surface area contributed by atoms with Gasteiger partial charge >= 0.3 is 0 Å². The second-order valence-corrected chi connectivity index (χ2v) is 5.78. The van der Waals surface area contributed by atoms with E-state index in [1.54, 1.807) is 24.3 Å². The zero-order valence-corrected chi connectivity index (χ0v) is 12.8. The largest absolute Gasteiger partial charge is 0.484 e. The van der Waals surface area contributed by atoms with Crippen LogP contribution < -0.4 is 10.5 Å². The van der Waals surface area contributed by atoms with E-state index in [4.69, 9.17) is 15.0 Å². The van der Waals surface area contributed by atoms with Gasteiger partial charge in [0.25, 0.3) is 16.0 Å². The van der Waals surface area contributed by atoms with Crippen LogP contribution in [0.15, 0.2) is 59.5 Å². The summed E-state index contributed by atoms with van der Waals surface area (Å²) in [7, 11) is -4.02. The van der Waals surface area contributed by atoms with E-state index >= 15 is 0 Å². The molecule has 0 aliphatic heterocycles. The molecule has 0 atom stereocenters. The quantitative estimate of drug-likeness (QED) is 0.834. The van der Waals surface area contributed by atoms with Crippen LogP contribution in [0, 0.1) is 6.92 Å². The summed E-state index contributed by atoms with van der Waals surface area (Å²) in [5, 5.41) is 0. The third kappa shape index (κ3) is 6.87. The van der Waals surface area contributed by atoms with Crippen molar-refractivity contribution in [1.82, 2.24) is 0 Å². The first-order valence-electron chi connectivity index (χ1n) is 6.29. The molecule has 0 spiro atoms. The van der Waals surface area contributed by atoms with E-state index in [9.17, 15) is 13.2 Å². The van der Waals surface area contributed by atoms with Crippen molar-refractivity contribution in [3.63, 3.8) is 0 Å². The molecule has 0 bridgehead atoms. The molecule has 0 aliphatic rings. The number of carbonyl (C=O) groups is 1. The summed E-state index contributed by atoms with van der Waals surface area (Å²) in [5.41, 5.74) is 5.83. The molecule has 0 fully saturated rings. The van der Waals surface area contributed by atoms with Crippen molar-refractivity contribution in [2.75, 3.05) is 6.61 Å². The standard InChI is InChI=1S/C8H9NO2.C7H8O3S/c9-8(10)6-11-7-4-2-1-3-5-7;1-6-2-4-7(5-3-6)11(8,9)10/h1-5H,6H2,(H2,9,10);2-5H,1H3,(H,8,9,10). The van der Waals surface area contributed by atoms with Gasteiger partial charge in [-0.25, -0.2) is 0 Å². The highest BCUT2D eigenvalue weighted by Gasteiger charge is 2.06. The third-order valence-corrected chi connectivity index (χ3v) is 3.31. The number of amides is 1. The number of primary amides is 1. The number of nitrogens with two attached hydrogens (primary N) is 1. The molecule has 1 amide bonds. The molecule has 118 valence electrons. The molecule has 2 aromatic rings. The van der Waals surface area contributed by atoms with E-state index in [1.165, 1.54) is 12.1 Å². The molecule has 0 saturated carbocycles. The zero-order valence-electron chi connectivity index (χ0n) is 12.0. The first-order valence-corrected chi connectivity index (χ1v) is 7.73. The first-order chi connectivity index (χ1) is 10.3. The molecule has 22 heavy (non-hydrogen) atoms. The molecular weight excluding hydrogens is 306 g/mol. The van der Waals surface area contributed by atoms with Crippen molar-refractivity contribution in [2.24, 2.45) is 5.73 Å². The Hall–Kier alpha value is -2.38. The van der Waals surface area contributed by atoms with Gasteiger partial charge in [0.1, 0.15) is 5.75 Å². The first kappa shape index (κ1) is 17.7. The number of carbonyl (C=O) groups excluding carboxylic acids is 1. The van der Waals surface area contributed by atoms with Crippen LogP contribution in [0.3, 0.4) is 0 Å². The molecule has 6 nitrogen and oxygen atoms in total. The summed E-state index contributed by atoms with van der Waals surface area (Å²) in [6.07, 6.45) is 0. The van der Waals surface area contributed by atoms with Crippen LogP contribution in [-0.4, -0.2) is 25.5 Å². The van der Waals surface area contributed by atoms with Gasteiger partial charge in [-0.15, -0.1) is 0 Å². The van der Waals surface area contributed by atoms with Crippen LogP contribution in [0.4, 0.5) is 0 Å². The fraction of sp³-hybridized carbons (Fsp3) is 0.133. The molecular formula is C15H17NO5S. The topological polar surface area (TPSA) is 107 Å². The van der Waals surface area contributed by atoms with Crippen molar-refractivity contribution < 1.29 is 22.5 Å². The maximum Gasteiger partial charge on any atom is 0.294 e. The molecule has 0 aromatic heterocycles. The summed E-state index contributed by atoms with van der Waals surface area (Å²) in [5.74, 6) is 0.195. The second kappa shape index (κ2) is 8.16. The van der Waals surface area contributed by atoms with E-state index < -0.39 is 16.0 Å². The Kier molecular flexibility index (Phi) is 6.55. The highest BCUT2D eigenvalue weighted by Crippen LogP contribution is 2.08. The third-order valence-electron chi connectivity index (χ3n) is 2.44. The van der Waals surface area contributed by atoms with Gasteiger partial charge in [0.05, 0.1) is 4.90 Å². The molecule has 7 heteroatoms. The van der Waals surface area contributed by atoms with Crippen LogP contribution in [0.5, 0.6) is 5.75 Å². The molecule has 2 aromatic carbocycles. The number of para-hydroxylation sites is 1. The Morgan fingerprint density at radius 2 is 1.64 bits per heavy atom. The Balaban J connectivity index is 0.000000220. The number of rotatable bonds is 4. The maximum atomic E-state index is 10.5. The van der Waals surface area contributed by atoms with E-state index in [2.05, 4.69) is 0 Å². The molecule has 2 rings (SSSR count). The van der Waals surface area contributed by atoms with Crippen molar-refractivity contribution in [2.45, 2.75) is 11.8 Å². The summed E-state index contributed by atoms with van der Waals surface area (Å²) < 4.78 is 34.5. The minimum Gasteiger partial charge on any atom is -0.484 e. The van der Waals surface area contributed by atoms with Gasteiger partial charge in [0, 0.05) is 0 Å². The predicted molar refractivity (Wildman–Crippen MR) is 82.1 cm³/mol. The minimum atomic E-state index is -4.02. The fourth-order valence-corrected chi connectivity index (χ4v) is 1.86. The van der Waals surface area contributed by atoms with Gasteiger partial charge in [-0.1, -0.05) is 35.9 Å². The smallest absolute Gasteiger partial charge is 0.294 e. The van der Waals surface area contributed by atoms with Gasteiger partial charge in [-0.2, -0.15) is 8.42 Å². The van der Waals surface area contributed by atoms with Crippen molar-refractivity contribution in [3.8, 4) is 5.75 Å². The summed E-state index contributed by atoms with van der Waals surface area (Å²) >= 11 is 0. The van der Waals surface area contributed by atoms with E-state index in [-0.39, 0.29) is 11.5 Å². The monoisotopic (exact) mass is 323 g/mol. The Labute approximate surface area is 129 Å². The van der Waals surface area contributed by atoms with E-state index in [0.29, 0.717) is 5.75 Å². The van der Waals surface area contributed by atoms with Crippen LogP contribution in [-0.2, 0) is 14.9 Å². The lowest BCUT2D eigenvalue weighted by Gasteiger charge is -2.00. The summed E-state index contributed by atoms with van der Waals surface area (Å²) in [4.78, 5) is 10.2. The molecule has 0 unspecified atom stereocenters. The highest BCUT2D eigenvalue weighted by atomic mass is 32.2. The molecule has 0 aliphatic carbocycles. The molecule has 0 heterocycles. The lowest BCUT2D eigenvalue weighted by Crippen LogP contribution is -2.19. The van der Waals surface area contributed by atoms with Gasteiger partial charge in [0.2, 0.25) is 0 Å². The normalized spacial score (nSPS) is 10.3. The average molecular weight is 323 g/mol. The number of hydrogen-bond acceptors (Lipinski definition) is 4. The van der Waals surface area contributed by atoms with Crippen molar-refractivity contribution in [3.05, 3.63) is 60.2 Å². The number of aryl methyl sites for hydroxylation is 1. The second-order valence-electron chi connectivity index (χ2n) is 4.36. The number of benzene rings is 2. The van der Waals surface area contributed by atoms with Gasteiger partial charge in [-0.05, 0) is 31.2 Å². The average Bonchev–Trinajstić information content (AvgIpc) is 2.46. The number of hydrogen-bond donors (Lipinski definition) is 2. The Morgan fingerprint density at radius 3 is 2.09 bits per heavy atom. The van der Waals surface area contributed by atoms with Gasteiger partial charge in [0.15, 0.2) is 6.61 Å². The molecule has 0 radical (unpaired) electrons. The zero-order chi connectivity index (χ0) is 16.6. The predicted octanol–water partition coefficient (Wildman–Crippen LogP) is 1.79. The van der Waals surface area contributed by atoms with Crippen LogP contribution in [0.2, 0.25) is 0 Å². The van der Waals surface area contributed by atoms with Crippen molar-refractivity contribution in [1.29, 1.82) is 0 Å². The lowest BCUT2D eigenvalue weighted by molar-refractivity contribution is -0.119. The molecule has 3 N–H and O–H groups in total. The Morgan fingerprint density at radius 1 is 1.09 bits per heavy atom. The van der Waals surface area contributed by atoms with Crippen molar-refractivity contribution >= 4 is 16.0 Å². The minimum absolute atomic E-state index is 0.0655. The lowest BCUT2D eigenvalue weighted by atomic mass is 10.2. The van der Waals surface area contributed by atoms with Gasteiger partial charge < -0.3 is 10.5 Å². The Bertz CT molecular complexity index is 696. The summed E-state index contributed by atoms with van der Waals surface area (Å²) in [6.45, 7) is 1.78. The van der Waals surface area contributed by atoms with Crippen LogP contribution >= 0.6 is 0 Å². The molecule has 0 saturated heterocycles. The summed E-state index contributed by atoms with van der Waals surface area (Å²) in [6, 6.07) is 15.1.